The number of hydrogen-bond acceptors (Lipinski definition) is 3. The molecule has 1 aliphatic carbocycles. The van der Waals surface area contributed by atoms with Crippen LogP contribution in [-0.2, 0) is 0 Å². The molecule has 2 rings (SSSR count). The monoisotopic (exact) mass is 292 g/mol. The predicted molar refractivity (Wildman–Crippen MR) is 53.6 cm³/mol. The number of fused-ring (bicyclic) bond motifs is 1. The lowest BCUT2D eigenvalue weighted by atomic mass is 9.88. The van der Waals surface area contributed by atoms with Crippen LogP contribution in [0.4, 0.5) is 8.78 Å². The number of halogens is 4. The minimum Gasteiger partial charge on any atom is -0.245 e. The van der Waals surface area contributed by atoms with E-state index in [0.29, 0.717) is 0 Å². The van der Waals surface area contributed by atoms with Gasteiger partial charge in [0, 0.05) is 12.1 Å². The van der Waals surface area contributed by atoms with Gasteiger partial charge < -0.3 is 0 Å². The summed E-state index contributed by atoms with van der Waals surface area (Å²) in [4.78, 5) is -0.523. The molecule has 6 atom stereocenters. The molecule has 0 aromatic rings. The smallest absolute Gasteiger partial charge is 0.150 e. The number of alkyl halides is 4. The first-order chi connectivity index (χ1) is 6.13. The molecule has 6 unspecified atom stereocenters. The van der Waals surface area contributed by atoms with Crippen LogP contribution in [0.3, 0.4) is 0 Å². The van der Waals surface area contributed by atoms with Crippen molar-refractivity contribution < 1.29 is 8.78 Å². The Hall–Kier alpha value is 0.900. The van der Waals surface area contributed by atoms with E-state index in [1.165, 1.54) is 12.1 Å². The van der Waals surface area contributed by atoms with Gasteiger partial charge in [-0.2, -0.15) is 0 Å². The molecule has 0 bridgehead atoms. The molecular formula is C6H8BrClF2N2S. The zero-order valence-corrected chi connectivity index (χ0v) is 9.54. The zero-order valence-electron chi connectivity index (χ0n) is 6.38. The van der Waals surface area contributed by atoms with Gasteiger partial charge in [-0.05, 0) is 0 Å². The third-order valence-corrected chi connectivity index (χ3v) is 4.74. The van der Waals surface area contributed by atoms with E-state index < -0.39 is 22.5 Å². The second-order valence-corrected chi connectivity index (χ2v) is 5.40. The Kier molecular flexibility index (Phi) is 3.05. The van der Waals surface area contributed by atoms with Crippen molar-refractivity contribution in [1.82, 2.24) is 9.44 Å². The first-order valence-electron chi connectivity index (χ1n) is 3.86. The molecule has 13 heavy (non-hydrogen) atoms. The Labute approximate surface area is 92.5 Å². The summed E-state index contributed by atoms with van der Waals surface area (Å²) in [5.41, 5.74) is 0. The summed E-state index contributed by atoms with van der Waals surface area (Å²) >= 11 is 10.2. The first kappa shape index (κ1) is 10.4. The molecule has 2 aliphatic rings. The third-order valence-electron chi connectivity index (χ3n) is 2.38. The molecule has 0 aromatic carbocycles. The average molecular weight is 294 g/mol. The summed E-state index contributed by atoms with van der Waals surface area (Å²) in [6.07, 6.45) is -3.16. The second-order valence-electron chi connectivity index (χ2n) is 3.17. The van der Waals surface area contributed by atoms with E-state index in [2.05, 4.69) is 25.4 Å². The van der Waals surface area contributed by atoms with Gasteiger partial charge in [-0.25, -0.2) is 18.2 Å². The quantitative estimate of drug-likeness (QED) is 0.523. The average Bonchev–Trinajstić information content (AvgIpc) is 2.59. The fourth-order valence-corrected chi connectivity index (χ4v) is 3.88. The highest BCUT2D eigenvalue weighted by molar-refractivity contribution is 9.09. The van der Waals surface area contributed by atoms with Crippen molar-refractivity contribution in [2.75, 3.05) is 0 Å². The molecular weight excluding hydrogens is 286 g/mol. The highest BCUT2D eigenvalue weighted by Crippen LogP contribution is 2.36. The van der Waals surface area contributed by atoms with Crippen LogP contribution in [0, 0.1) is 0 Å². The van der Waals surface area contributed by atoms with Crippen molar-refractivity contribution in [3.63, 3.8) is 0 Å². The lowest BCUT2D eigenvalue weighted by molar-refractivity contribution is 0.108. The molecule has 7 heteroatoms. The number of nitrogens with one attached hydrogen (secondary N) is 2. The van der Waals surface area contributed by atoms with Crippen LogP contribution in [0.1, 0.15) is 0 Å². The van der Waals surface area contributed by atoms with Gasteiger partial charge in [0.05, 0.1) is 22.3 Å². The molecule has 76 valence electrons. The van der Waals surface area contributed by atoms with Crippen molar-refractivity contribution in [3.8, 4) is 0 Å². The SMILES string of the molecule is FC1C(F)C(Br)C2NSNC2C1Cl. The van der Waals surface area contributed by atoms with Crippen LogP contribution in [0.2, 0.25) is 0 Å². The fraction of sp³-hybridized carbons (Fsp3) is 1.00. The van der Waals surface area contributed by atoms with Gasteiger partial charge in [0.15, 0.2) is 6.17 Å². The summed E-state index contributed by atoms with van der Waals surface area (Å²) < 4.78 is 32.4. The van der Waals surface area contributed by atoms with Crippen molar-refractivity contribution in [1.29, 1.82) is 0 Å². The van der Waals surface area contributed by atoms with E-state index in [9.17, 15) is 8.78 Å². The topological polar surface area (TPSA) is 24.1 Å². The largest absolute Gasteiger partial charge is 0.245 e. The lowest BCUT2D eigenvalue weighted by Gasteiger charge is -2.37. The van der Waals surface area contributed by atoms with Gasteiger partial charge in [0.2, 0.25) is 0 Å². The Morgan fingerprint density at radius 2 is 1.77 bits per heavy atom. The lowest BCUT2D eigenvalue weighted by Crippen LogP contribution is -2.60. The number of hydrogen-bond donors (Lipinski definition) is 2. The van der Waals surface area contributed by atoms with Gasteiger partial charge in [-0.1, -0.05) is 15.9 Å². The molecule has 0 aromatic heterocycles. The van der Waals surface area contributed by atoms with Crippen molar-refractivity contribution >= 4 is 39.7 Å². The van der Waals surface area contributed by atoms with Crippen LogP contribution in [0.25, 0.3) is 0 Å². The Morgan fingerprint density at radius 3 is 2.46 bits per heavy atom. The Morgan fingerprint density at radius 1 is 1.15 bits per heavy atom. The summed E-state index contributed by atoms with van der Waals surface area (Å²) in [5.74, 6) is 0. The van der Waals surface area contributed by atoms with Gasteiger partial charge >= 0.3 is 0 Å². The van der Waals surface area contributed by atoms with Crippen LogP contribution in [-0.4, -0.2) is 34.6 Å². The van der Waals surface area contributed by atoms with E-state index in [0.717, 1.165) is 0 Å². The molecule has 1 saturated carbocycles. The minimum absolute atomic E-state index is 0.158. The number of rotatable bonds is 0. The van der Waals surface area contributed by atoms with Crippen LogP contribution < -0.4 is 9.44 Å². The van der Waals surface area contributed by atoms with E-state index in [-0.39, 0.29) is 12.1 Å². The van der Waals surface area contributed by atoms with Crippen molar-refractivity contribution in [2.24, 2.45) is 0 Å². The maximum absolute atomic E-state index is 13.3. The molecule has 2 nitrogen and oxygen atoms in total. The third kappa shape index (κ3) is 1.61. The molecule has 0 spiro atoms. The van der Waals surface area contributed by atoms with E-state index >= 15 is 0 Å². The van der Waals surface area contributed by atoms with Gasteiger partial charge in [-0.15, -0.1) is 11.6 Å². The van der Waals surface area contributed by atoms with Gasteiger partial charge in [0.1, 0.15) is 6.17 Å². The molecule has 1 heterocycles. The van der Waals surface area contributed by atoms with Crippen LogP contribution in [0.5, 0.6) is 0 Å². The van der Waals surface area contributed by atoms with Crippen LogP contribution in [0.15, 0.2) is 0 Å². The fourth-order valence-electron chi connectivity index (χ4n) is 1.59. The van der Waals surface area contributed by atoms with E-state index in [1.54, 1.807) is 0 Å². The highest BCUT2D eigenvalue weighted by Gasteiger charge is 2.52. The summed E-state index contributed by atoms with van der Waals surface area (Å²) in [6.45, 7) is 0. The van der Waals surface area contributed by atoms with Crippen molar-refractivity contribution in [2.45, 2.75) is 34.6 Å². The predicted octanol–water partition coefficient (Wildman–Crippen LogP) is 1.54. The molecule has 0 radical (unpaired) electrons. The molecule has 0 amide bonds. The van der Waals surface area contributed by atoms with Gasteiger partial charge in [0.25, 0.3) is 0 Å². The van der Waals surface area contributed by atoms with Crippen LogP contribution >= 0.6 is 39.7 Å². The Balaban J connectivity index is 2.19. The summed E-state index contributed by atoms with van der Waals surface area (Å²) in [6, 6.07) is -0.382. The normalized spacial score (nSPS) is 56.3. The van der Waals surface area contributed by atoms with E-state index in [1.807, 2.05) is 0 Å². The van der Waals surface area contributed by atoms with Crippen molar-refractivity contribution in [3.05, 3.63) is 0 Å². The summed E-state index contributed by atoms with van der Waals surface area (Å²) in [7, 11) is 0. The standard InChI is InChI=1S/C6H8BrClF2N2S/c7-1-3(9)4(10)2(8)6-5(1)11-13-12-6/h1-6,11-12H. The second kappa shape index (κ2) is 3.81. The maximum Gasteiger partial charge on any atom is 0.150 e. The molecule has 2 fully saturated rings. The summed E-state index contributed by atoms with van der Waals surface area (Å²) in [5, 5.41) is -0.809. The highest BCUT2D eigenvalue weighted by atomic mass is 79.9. The molecule has 1 saturated heterocycles. The maximum atomic E-state index is 13.3. The van der Waals surface area contributed by atoms with E-state index in [4.69, 9.17) is 11.6 Å². The Bertz CT molecular complexity index is 193. The molecule has 2 N–H and O–H groups in total. The minimum atomic E-state index is -1.61. The van der Waals surface area contributed by atoms with Gasteiger partial charge in [-0.3, -0.25) is 0 Å². The first-order valence-corrected chi connectivity index (χ1v) is 6.03. The zero-order chi connectivity index (χ0) is 9.59. The molecule has 1 aliphatic heterocycles.